The average Bonchev–Trinajstić information content (AvgIpc) is 1.61. The maximum atomic E-state index is 5.27. The van der Waals surface area contributed by atoms with Crippen molar-refractivity contribution in [3.63, 3.8) is 0 Å². The molecule has 0 heterocycles. The zero-order chi connectivity index (χ0) is 5.70. The molecule has 40 valence electrons. The first-order valence-electron chi connectivity index (χ1n) is 2.74. The van der Waals surface area contributed by atoms with Gasteiger partial charge in [-0.25, -0.2) is 0 Å². The summed E-state index contributed by atoms with van der Waals surface area (Å²) in [5.41, 5.74) is 0. The first-order valence-corrected chi connectivity index (χ1v) is 4.03. The second kappa shape index (κ2) is 4.65. The molecule has 2 heteroatoms. The molecule has 0 aromatic carbocycles. The normalized spacial score (nSPS) is 9.14. The first-order chi connectivity index (χ1) is 3.27. The summed E-state index contributed by atoms with van der Waals surface area (Å²) in [6.07, 6.45) is 0.440. The quantitative estimate of drug-likeness (QED) is 0.506. The van der Waals surface area contributed by atoms with Gasteiger partial charge in [-0.1, -0.05) is 0 Å². The van der Waals surface area contributed by atoms with E-state index in [4.69, 9.17) is 3.79 Å². The summed E-state index contributed by atoms with van der Waals surface area (Å²) in [7, 11) is 0. The number of hydrogen-bond donors (Lipinski definition) is 0. The van der Waals surface area contributed by atoms with Crippen molar-refractivity contribution >= 4 is 15.6 Å². The van der Waals surface area contributed by atoms with Crippen LogP contribution in [-0.4, -0.2) is 21.7 Å². The van der Waals surface area contributed by atoms with Gasteiger partial charge in [0.25, 0.3) is 0 Å². The molecule has 0 fully saturated rings. The van der Waals surface area contributed by atoms with E-state index in [0.717, 1.165) is 0 Å². The standard InChI is InChI=1S/C3H7O.C2H5.Al/c1-3(2)4;1-2;/h3H,1-2H3;1H2,2H3;/q-1;;+2. The van der Waals surface area contributed by atoms with E-state index in [1.54, 1.807) is 0 Å². The predicted octanol–water partition coefficient (Wildman–Crippen LogP) is 1.47. The number of rotatable bonds is 3. The third kappa shape index (κ3) is 6.49. The number of hydrogen-bond acceptors (Lipinski definition) is 1. The maximum absolute atomic E-state index is 5.27. The minimum atomic E-state index is 0.285. The summed E-state index contributed by atoms with van der Waals surface area (Å²) in [5, 5.41) is 1.21. The van der Waals surface area contributed by atoms with Crippen molar-refractivity contribution in [3.05, 3.63) is 0 Å². The van der Waals surface area contributed by atoms with Crippen molar-refractivity contribution in [1.29, 1.82) is 0 Å². The predicted molar refractivity (Wildman–Crippen MR) is 32.5 cm³/mol. The van der Waals surface area contributed by atoms with Gasteiger partial charge in [0.15, 0.2) is 0 Å². The van der Waals surface area contributed by atoms with Gasteiger partial charge in [-0.05, 0) is 0 Å². The van der Waals surface area contributed by atoms with E-state index >= 15 is 0 Å². The molecule has 0 saturated carbocycles. The van der Waals surface area contributed by atoms with Gasteiger partial charge in [-0.3, -0.25) is 0 Å². The molecule has 0 amide bonds. The van der Waals surface area contributed by atoms with Crippen LogP contribution in [0.5, 0.6) is 0 Å². The van der Waals surface area contributed by atoms with Crippen molar-refractivity contribution in [3.8, 4) is 0 Å². The SMILES string of the molecule is C[CH2][Al+][O]C(C)C. The molecule has 0 aliphatic rings. The van der Waals surface area contributed by atoms with Crippen molar-refractivity contribution in [2.75, 3.05) is 0 Å². The van der Waals surface area contributed by atoms with Gasteiger partial charge in [0.2, 0.25) is 0 Å². The Morgan fingerprint density at radius 1 is 1.57 bits per heavy atom. The van der Waals surface area contributed by atoms with Gasteiger partial charge in [0.1, 0.15) is 0 Å². The Balaban J connectivity index is 2.68. The monoisotopic (exact) mass is 115 g/mol. The molecule has 0 bridgehead atoms. The van der Waals surface area contributed by atoms with E-state index in [1.165, 1.54) is 5.28 Å². The van der Waals surface area contributed by atoms with Gasteiger partial charge in [-0.2, -0.15) is 0 Å². The van der Waals surface area contributed by atoms with Crippen LogP contribution in [0, 0.1) is 0 Å². The van der Waals surface area contributed by atoms with Crippen molar-refractivity contribution in [1.82, 2.24) is 0 Å². The van der Waals surface area contributed by atoms with Gasteiger partial charge in [-0.15, -0.1) is 0 Å². The molecule has 0 N–H and O–H groups in total. The molecular formula is C5H12AlO+. The van der Waals surface area contributed by atoms with Crippen molar-refractivity contribution < 1.29 is 3.79 Å². The van der Waals surface area contributed by atoms with Gasteiger partial charge in [0.05, 0.1) is 0 Å². The molecule has 0 aliphatic carbocycles. The molecule has 0 radical (unpaired) electrons. The van der Waals surface area contributed by atoms with Gasteiger partial charge < -0.3 is 0 Å². The Bertz CT molecular complexity index is 37.1. The Morgan fingerprint density at radius 2 is 2.14 bits per heavy atom. The zero-order valence-corrected chi connectivity index (χ0v) is 6.42. The van der Waals surface area contributed by atoms with E-state index in [9.17, 15) is 0 Å². The Morgan fingerprint density at radius 3 is 2.29 bits per heavy atom. The van der Waals surface area contributed by atoms with Crippen LogP contribution in [0.2, 0.25) is 5.28 Å². The van der Waals surface area contributed by atoms with Crippen LogP contribution in [0.4, 0.5) is 0 Å². The van der Waals surface area contributed by atoms with Crippen molar-refractivity contribution in [2.45, 2.75) is 32.2 Å². The van der Waals surface area contributed by atoms with Crippen LogP contribution >= 0.6 is 0 Å². The van der Waals surface area contributed by atoms with E-state index in [-0.39, 0.29) is 15.6 Å². The average molecular weight is 115 g/mol. The molecule has 0 spiro atoms. The fourth-order valence-electron chi connectivity index (χ4n) is 0.289. The molecule has 0 rings (SSSR count). The van der Waals surface area contributed by atoms with Crippen molar-refractivity contribution in [2.24, 2.45) is 0 Å². The molecule has 1 nitrogen and oxygen atoms in total. The minimum absolute atomic E-state index is 0.285. The summed E-state index contributed by atoms with van der Waals surface area (Å²) in [6.45, 7) is 6.29. The zero-order valence-electron chi connectivity index (χ0n) is 5.27. The molecule has 0 atom stereocenters. The second-order valence-corrected chi connectivity index (χ2v) is 3.18. The van der Waals surface area contributed by atoms with E-state index < -0.39 is 0 Å². The van der Waals surface area contributed by atoms with Gasteiger partial charge in [0, 0.05) is 0 Å². The van der Waals surface area contributed by atoms with Crippen LogP contribution < -0.4 is 0 Å². The Hall–Kier alpha value is 0.492. The Labute approximate surface area is 52.1 Å². The molecule has 0 saturated heterocycles. The molecule has 0 unspecified atom stereocenters. The summed E-state index contributed by atoms with van der Waals surface area (Å²) in [5.74, 6) is 0. The van der Waals surface area contributed by atoms with E-state index in [2.05, 4.69) is 20.8 Å². The molecule has 0 aromatic heterocycles. The molecular weight excluding hydrogens is 103 g/mol. The summed E-state index contributed by atoms with van der Waals surface area (Å²) in [6, 6.07) is 0. The topological polar surface area (TPSA) is 9.23 Å². The van der Waals surface area contributed by atoms with Crippen LogP contribution in [0.15, 0.2) is 0 Å². The van der Waals surface area contributed by atoms with E-state index in [1.807, 2.05) is 0 Å². The molecule has 0 aliphatic heterocycles. The van der Waals surface area contributed by atoms with Gasteiger partial charge >= 0.3 is 51.5 Å². The second-order valence-electron chi connectivity index (χ2n) is 1.76. The third-order valence-corrected chi connectivity index (χ3v) is 1.61. The summed E-state index contributed by atoms with van der Waals surface area (Å²) in [4.78, 5) is 0. The summed E-state index contributed by atoms with van der Waals surface area (Å²) >= 11 is 0.285. The van der Waals surface area contributed by atoms with E-state index in [0.29, 0.717) is 6.10 Å². The van der Waals surface area contributed by atoms with Crippen LogP contribution in [0.25, 0.3) is 0 Å². The molecule has 0 aromatic rings. The Kier molecular flexibility index (Phi) is 4.97. The van der Waals surface area contributed by atoms with Crippen LogP contribution in [-0.2, 0) is 3.79 Å². The van der Waals surface area contributed by atoms with Crippen LogP contribution in [0.3, 0.4) is 0 Å². The molecule has 7 heavy (non-hydrogen) atoms. The third-order valence-electron chi connectivity index (χ3n) is 0.535. The fraction of sp³-hybridized carbons (Fsp3) is 1.00. The van der Waals surface area contributed by atoms with Crippen LogP contribution in [0.1, 0.15) is 20.8 Å². The fourth-order valence-corrected chi connectivity index (χ4v) is 0.866. The first kappa shape index (κ1) is 7.49. The summed E-state index contributed by atoms with van der Waals surface area (Å²) < 4.78 is 5.27.